The molecule has 2 heterocycles. The van der Waals surface area contributed by atoms with Crippen molar-refractivity contribution in [1.82, 2.24) is 9.55 Å². The third kappa shape index (κ3) is 5.90. The maximum Gasteiger partial charge on any atom is 0.227 e. The highest BCUT2D eigenvalue weighted by molar-refractivity contribution is 6.10. The van der Waals surface area contributed by atoms with Gasteiger partial charge in [0.15, 0.2) is 5.58 Å². The maximum atomic E-state index is 6.05. The fourth-order valence-electron chi connectivity index (χ4n) is 7.94. The molecule has 0 N–H and O–H groups in total. The molecule has 7 aromatic carbocycles. The van der Waals surface area contributed by atoms with Gasteiger partial charge >= 0.3 is 0 Å². The van der Waals surface area contributed by atoms with E-state index < -0.39 is 0 Å². The van der Waals surface area contributed by atoms with E-state index in [9.17, 15) is 0 Å². The van der Waals surface area contributed by atoms with Crippen LogP contribution in [0.15, 0.2) is 162 Å². The van der Waals surface area contributed by atoms with Crippen LogP contribution in [-0.4, -0.2) is 9.55 Å². The van der Waals surface area contributed by atoms with Gasteiger partial charge in [0.05, 0.1) is 11.0 Å². The zero-order valence-electron chi connectivity index (χ0n) is 31.4. The van der Waals surface area contributed by atoms with Crippen LogP contribution in [0.2, 0.25) is 0 Å². The van der Waals surface area contributed by atoms with Crippen LogP contribution < -0.4 is 0 Å². The van der Waals surface area contributed by atoms with Crippen molar-refractivity contribution in [2.75, 3.05) is 0 Å². The Balaban J connectivity index is 1.09. The molecule has 0 aliphatic heterocycles. The molecule has 264 valence electrons. The fraction of sp³-hybridized carbons (Fsp3) is 0.157. The molecular weight excluding hydrogens is 657 g/mol. The molecule has 9 rings (SSSR count). The molecule has 9 aromatic rings. The molecular formula is C51H44N2O. The molecule has 3 heteroatoms. The minimum atomic E-state index is 0.523. The topological polar surface area (TPSA) is 31.0 Å². The van der Waals surface area contributed by atoms with Crippen molar-refractivity contribution in [3.8, 4) is 50.5 Å². The van der Waals surface area contributed by atoms with Crippen molar-refractivity contribution >= 4 is 32.9 Å². The molecule has 0 radical (unpaired) electrons. The van der Waals surface area contributed by atoms with Crippen LogP contribution in [0.1, 0.15) is 63.5 Å². The zero-order chi connectivity index (χ0) is 36.8. The summed E-state index contributed by atoms with van der Waals surface area (Å²) in [6.07, 6.45) is 2.26. The second-order valence-corrected chi connectivity index (χ2v) is 14.7. The Bertz CT molecular complexity index is 2670. The number of oxazole rings is 1. The number of aromatic nitrogens is 2. The van der Waals surface area contributed by atoms with E-state index >= 15 is 0 Å². The first-order valence-electron chi connectivity index (χ1n) is 19.3. The van der Waals surface area contributed by atoms with Crippen LogP contribution in [0.4, 0.5) is 0 Å². The highest BCUT2D eigenvalue weighted by Crippen LogP contribution is 2.40. The van der Waals surface area contributed by atoms with Crippen molar-refractivity contribution in [1.29, 1.82) is 0 Å². The molecule has 54 heavy (non-hydrogen) atoms. The Labute approximate surface area is 317 Å². The summed E-state index contributed by atoms with van der Waals surface area (Å²) in [6.45, 7) is 9.21. The summed E-state index contributed by atoms with van der Waals surface area (Å²) in [4.78, 5) is 4.71. The van der Waals surface area contributed by atoms with Crippen LogP contribution in [0, 0.1) is 0 Å². The molecule has 0 amide bonds. The normalized spacial score (nSPS) is 12.8. The van der Waals surface area contributed by atoms with Crippen molar-refractivity contribution in [2.24, 2.45) is 0 Å². The van der Waals surface area contributed by atoms with Crippen LogP contribution >= 0.6 is 0 Å². The molecule has 2 atom stereocenters. The molecule has 2 unspecified atom stereocenters. The molecule has 2 aromatic heterocycles. The van der Waals surface area contributed by atoms with Gasteiger partial charge in [0, 0.05) is 22.0 Å². The molecule has 3 nitrogen and oxygen atoms in total. The van der Waals surface area contributed by atoms with Crippen LogP contribution in [0.25, 0.3) is 83.4 Å². The molecule has 0 aliphatic rings. The van der Waals surface area contributed by atoms with Crippen LogP contribution in [0.3, 0.4) is 0 Å². The van der Waals surface area contributed by atoms with Crippen molar-refractivity contribution in [3.05, 3.63) is 169 Å². The smallest absolute Gasteiger partial charge is 0.227 e. The standard InChI is InChI=1S/C51H44N2O/c1-5-33(3)38-25-29-48-45(31-38)46-32-39(34(4)6-2)26-30-49(46)53(48)40-27-23-36(24-28-40)42-14-8-10-16-44(42)43-15-9-7-13-41(43)35-19-21-37(22-20-35)51-52-47-17-11-12-18-50(47)54-51/h7-34H,5-6H2,1-4H3. The Morgan fingerprint density at radius 1 is 0.500 bits per heavy atom. The number of nitrogens with zero attached hydrogens (tertiary/aromatic N) is 2. The third-order valence-electron chi connectivity index (χ3n) is 11.5. The first kappa shape index (κ1) is 33.6. The zero-order valence-corrected chi connectivity index (χ0v) is 31.4. The lowest BCUT2D eigenvalue weighted by molar-refractivity contribution is 0.620. The van der Waals surface area contributed by atoms with Crippen LogP contribution in [-0.2, 0) is 0 Å². The van der Waals surface area contributed by atoms with E-state index in [0.717, 1.165) is 35.1 Å². The summed E-state index contributed by atoms with van der Waals surface area (Å²) in [5.74, 6) is 1.68. The van der Waals surface area contributed by atoms with Crippen molar-refractivity contribution < 1.29 is 4.42 Å². The number of rotatable bonds is 9. The Morgan fingerprint density at radius 2 is 0.963 bits per heavy atom. The molecule has 0 spiro atoms. The Hall–Kier alpha value is -6.19. The molecule has 0 saturated carbocycles. The quantitative estimate of drug-likeness (QED) is 0.150. The van der Waals surface area contributed by atoms with Gasteiger partial charge in [-0.15, -0.1) is 0 Å². The van der Waals surface area contributed by atoms with Crippen molar-refractivity contribution in [2.45, 2.75) is 52.4 Å². The fourth-order valence-corrected chi connectivity index (χ4v) is 7.94. The summed E-state index contributed by atoms with van der Waals surface area (Å²) in [5, 5.41) is 2.67. The minimum Gasteiger partial charge on any atom is -0.436 e. The maximum absolute atomic E-state index is 6.05. The highest BCUT2D eigenvalue weighted by Gasteiger charge is 2.18. The second-order valence-electron chi connectivity index (χ2n) is 14.7. The summed E-state index contributed by atoms with van der Waals surface area (Å²) < 4.78 is 8.50. The number of hydrogen-bond donors (Lipinski definition) is 0. The Morgan fingerprint density at radius 3 is 1.48 bits per heavy atom. The van der Waals surface area contributed by atoms with Gasteiger partial charge in [-0.05, 0) is 130 Å². The monoisotopic (exact) mass is 700 g/mol. The molecule has 0 fully saturated rings. The predicted molar refractivity (Wildman–Crippen MR) is 228 cm³/mol. The Kier molecular flexibility index (Phi) is 8.71. The van der Waals surface area contributed by atoms with E-state index in [1.807, 2.05) is 24.3 Å². The van der Waals surface area contributed by atoms with Gasteiger partial charge < -0.3 is 8.98 Å². The summed E-state index contributed by atoms with van der Waals surface area (Å²) in [5.41, 5.74) is 16.2. The van der Waals surface area contributed by atoms with E-state index in [2.05, 4.69) is 166 Å². The van der Waals surface area contributed by atoms with Gasteiger partial charge in [-0.3, -0.25) is 0 Å². The van der Waals surface area contributed by atoms with E-state index in [1.165, 1.54) is 66.4 Å². The highest BCUT2D eigenvalue weighted by atomic mass is 16.3. The lowest BCUT2D eigenvalue weighted by atomic mass is 9.89. The summed E-state index contributed by atoms with van der Waals surface area (Å²) in [6, 6.07) is 57.2. The lowest BCUT2D eigenvalue weighted by Gasteiger charge is -2.16. The number of para-hydroxylation sites is 2. The lowest BCUT2D eigenvalue weighted by Crippen LogP contribution is -1.96. The van der Waals surface area contributed by atoms with E-state index in [1.54, 1.807) is 0 Å². The summed E-state index contributed by atoms with van der Waals surface area (Å²) >= 11 is 0. The van der Waals surface area contributed by atoms with Crippen LogP contribution in [0.5, 0.6) is 0 Å². The minimum absolute atomic E-state index is 0.523. The van der Waals surface area contributed by atoms with Gasteiger partial charge in [-0.25, -0.2) is 4.98 Å². The largest absolute Gasteiger partial charge is 0.436 e. The molecule has 0 aliphatic carbocycles. The third-order valence-corrected chi connectivity index (χ3v) is 11.5. The van der Waals surface area contributed by atoms with Gasteiger partial charge in [0.25, 0.3) is 0 Å². The first-order chi connectivity index (χ1) is 26.5. The van der Waals surface area contributed by atoms with Gasteiger partial charge in [0.2, 0.25) is 5.89 Å². The van der Waals surface area contributed by atoms with Gasteiger partial charge in [0.1, 0.15) is 5.52 Å². The summed E-state index contributed by atoms with van der Waals surface area (Å²) in [7, 11) is 0. The molecule has 0 saturated heterocycles. The predicted octanol–water partition coefficient (Wildman–Crippen LogP) is 14.6. The van der Waals surface area contributed by atoms with Gasteiger partial charge in [-0.2, -0.15) is 0 Å². The average Bonchev–Trinajstić information content (AvgIpc) is 3.82. The van der Waals surface area contributed by atoms with Gasteiger partial charge in [-0.1, -0.05) is 125 Å². The number of hydrogen-bond acceptors (Lipinski definition) is 2. The van der Waals surface area contributed by atoms with Crippen molar-refractivity contribution in [3.63, 3.8) is 0 Å². The second kappa shape index (κ2) is 14.0. The molecule has 0 bridgehead atoms. The first-order valence-corrected chi connectivity index (χ1v) is 19.3. The van der Waals surface area contributed by atoms with E-state index in [-0.39, 0.29) is 0 Å². The van der Waals surface area contributed by atoms with E-state index in [0.29, 0.717) is 17.7 Å². The number of fused-ring (bicyclic) bond motifs is 4. The van der Waals surface area contributed by atoms with E-state index in [4.69, 9.17) is 9.40 Å². The number of benzene rings is 7. The average molecular weight is 701 g/mol. The SMILES string of the molecule is CCC(C)c1ccc2c(c1)c1cc(C(C)CC)ccc1n2-c1ccc(-c2ccccc2-c2ccccc2-c2ccc(-c3nc4ccccc4o3)cc2)cc1.